The van der Waals surface area contributed by atoms with Crippen LogP contribution in [0.1, 0.15) is 23.7 Å². The molecule has 0 amide bonds. The maximum Gasteiger partial charge on any atom is 0.191 e. The van der Waals surface area contributed by atoms with E-state index < -0.39 is 0 Å². The lowest BCUT2D eigenvalue weighted by Gasteiger charge is -2.13. The van der Waals surface area contributed by atoms with Gasteiger partial charge in [-0.15, -0.1) is 0 Å². The molecule has 2 N–H and O–H groups in total. The fourth-order valence-corrected chi connectivity index (χ4v) is 2.77. The van der Waals surface area contributed by atoms with Crippen molar-refractivity contribution in [2.45, 2.75) is 26.6 Å². The van der Waals surface area contributed by atoms with Gasteiger partial charge in [0.05, 0.1) is 18.8 Å². The van der Waals surface area contributed by atoms with E-state index >= 15 is 0 Å². The van der Waals surface area contributed by atoms with Crippen molar-refractivity contribution in [1.29, 1.82) is 0 Å². The Morgan fingerprint density at radius 2 is 1.82 bits per heavy atom. The molecule has 0 aliphatic carbocycles. The minimum Gasteiger partial charge on any atom is -0.489 e. The van der Waals surface area contributed by atoms with Crippen molar-refractivity contribution in [2.24, 2.45) is 12.0 Å². The molecule has 3 rings (SSSR count). The van der Waals surface area contributed by atoms with Crippen molar-refractivity contribution in [2.75, 3.05) is 6.54 Å². The van der Waals surface area contributed by atoms with Gasteiger partial charge in [0, 0.05) is 25.4 Å². The Kier molecular flexibility index (Phi) is 7.07. The monoisotopic (exact) mass is 377 g/mol. The van der Waals surface area contributed by atoms with Gasteiger partial charge in [-0.05, 0) is 24.6 Å². The summed E-state index contributed by atoms with van der Waals surface area (Å²) in [6, 6.07) is 20.2. The quantitative estimate of drug-likeness (QED) is 0.467. The van der Waals surface area contributed by atoms with Crippen LogP contribution in [0.2, 0.25) is 0 Å². The Labute approximate surface area is 166 Å². The highest BCUT2D eigenvalue weighted by atomic mass is 16.5. The molecule has 6 nitrogen and oxygen atoms in total. The molecule has 0 atom stereocenters. The highest BCUT2D eigenvalue weighted by Crippen LogP contribution is 2.20. The molecule has 0 radical (unpaired) electrons. The van der Waals surface area contributed by atoms with E-state index in [1.165, 1.54) is 0 Å². The molecular formula is C22H27N5O. The van der Waals surface area contributed by atoms with Gasteiger partial charge in [0.1, 0.15) is 12.4 Å². The van der Waals surface area contributed by atoms with Crippen molar-refractivity contribution >= 4 is 5.96 Å². The molecule has 6 heteroatoms. The van der Waals surface area contributed by atoms with Crippen LogP contribution in [0.25, 0.3) is 0 Å². The standard InChI is InChI=1S/C22H27N5O/c1-3-23-22(25-16-20-13-14-26-27(20)2)24-15-19-11-7-8-12-21(19)28-17-18-9-5-4-6-10-18/h4-14H,3,15-17H2,1-2H3,(H2,23,24,25). The zero-order valence-electron chi connectivity index (χ0n) is 16.4. The largest absolute Gasteiger partial charge is 0.489 e. The van der Waals surface area contributed by atoms with E-state index in [4.69, 9.17) is 9.73 Å². The van der Waals surface area contributed by atoms with E-state index in [1.807, 2.05) is 54.2 Å². The molecule has 0 unspecified atom stereocenters. The lowest BCUT2D eigenvalue weighted by molar-refractivity contribution is 0.303. The number of hydrogen-bond acceptors (Lipinski definition) is 3. The number of nitrogens with zero attached hydrogens (tertiary/aromatic N) is 3. The fraction of sp³-hybridized carbons (Fsp3) is 0.273. The second kappa shape index (κ2) is 10.2. The first kappa shape index (κ1) is 19.5. The van der Waals surface area contributed by atoms with Gasteiger partial charge >= 0.3 is 0 Å². The van der Waals surface area contributed by atoms with Crippen molar-refractivity contribution in [1.82, 2.24) is 20.4 Å². The fourth-order valence-electron chi connectivity index (χ4n) is 2.77. The number of nitrogens with one attached hydrogen (secondary N) is 2. The number of aryl methyl sites for hydroxylation is 1. The summed E-state index contributed by atoms with van der Waals surface area (Å²) < 4.78 is 7.88. The number of rotatable bonds is 8. The van der Waals surface area contributed by atoms with Gasteiger partial charge in [-0.25, -0.2) is 4.99 Å². The summed E-state index contributed by atoms with van der Waals surface area (Å²) in [5.41, 5.74) is 3.29. The summed E-state index contributed by atoms with van der Waals surface area (Å²) in [6.45, 7) is 4.59. The summed E-state index contributed by atoms with van der Waals surface area (Å²) in [5.74, 6) is 1.62. The average molecular weight is 377 g/mol. The van der Waals surface area contributed by atoms with Crippen LogP contribution in [0.4, 0.5) is 0 Å². The Morgan fingerprint density at radius 3 is 2.57 bits per heavy atom. The van der Waals surface area contributed by atoms with Crippen LogP contribution >= 0.6 is 0 Å². The van der Waals surface area contributed by atoms with Crippen LogP contribution in [0.15, 0.2) is 71.9 Å². The first-order valence-electron chi connectivity index (χ1n) is 9.50. The first-order valence-corrected chi connectivity index (χ1v) is 9.50. The Bertz CT molecular complexity index is 889. The number of benzene rings is 2. The molecule has 146 valence electrons. The second-order valence-electron chi connectivity index (χ2n) is 6.38. The maximum atomic E-state index is 6.03. The molecule has 1 heterocycles. The number of guanidine groups is 1. The number of aromatic nitrogens is 2. The van der Waals surface area contributed by atoms with Gasteiger partial charge in [0.2, 0.25) is 0 Å². The summed E-state index contributed by atoms with van der Waals surface area (Å²) in [5, 5.41) is 10.8. The molecule has 1 aromatic heterocycles. The van der Waals surface area contributed by atoms with E-state index in [-0.39, 0.29) is 0 Å². The molecule has 0 fully saturated rings. The van der Waals surface area contributed by atoms with Gasteiger partial charge in [-0.2, -0.15) is 5.10 Å². The van der Waals surface area contributed by atoms with Crippen LogP contribution in [0, 0.1) is 0 Å². The molecular weight excluding hydrogens is 350 g/mol. The minimum atomic E-state index is 0.533. The smallest absolute Gasteiger partial charge is 0.191 e. The van der Waals surface area contributed by atoms with Gasteiger partial charge in [-0.1, -0.05) is 48.5 Å². The first-order chi connectivity index (χ1) is 13.8. The third kappa shape index (κ3) is 5.61. The van der Waals surface area contributed by atoms with Crippen molar-refractivity contribution in [3.63, 3.8) is 0 Å². The van der Waals surface area contributed by atoms with Gasteiger partial charge in [0.15, 0.2) is 5.96 Å². The number of ether oxygens (including phenoxy) is 1. The van der Waals surface area contributed by atoms with Crippen molar-refractivity contribution in [3.8, 4) is 5.75 Å². The van der Waals surface area contributed by atoms with E-state index in [1.54, 1.807) is 6.20 Å². The zero-order chi connectivity index (χ0) is 19.6. The summed E-state index contributed by atoms with van der Waals surface area (Å²) in [4.78, 5) is 4.71. The molecule has 0 bridgehead atoms. The Hall–Kier alpha value is -3.28. The van der Waals surface area contributed by atoms with Gasteiger partial charge in [0.25, 0.3) is 0 Å². The highest BCUT2D eigenvalue weighted by molar-refractivity contribution is 5.79. The Morgan fingerprint density at radius 1 is 1.04 bits per heavy atom. The molecule has 0 saturated carbocycles. The van der Waals surface area contributed by atoms with Crippen molar-refractivity contribution < 1.29 is 4.74 Å². The molecule has 0 spiro atoms. The number of aliphatic imine (C=N–C) groups is 1. The van der Waals surface area contributed by atoms with Crippen LogP contribution < -0.4 is 15.4 Å². The molecule has 3 aromatic rings. The topological polar surface area (TPSA) is 63.5 Å². The third-order valence-corrected chi connectivity index (χ3v) is 4.32. The van der Waals surface area contributed by atoms with Gasteiger partial charge in [-0.3, -0.25) is 4.68 Å². The highest BCUT2D eigenvalue weighted by Gasteiger charge is 2.05. The van der Waals surface area contributed by atoms with E-state index in [0.29, 0.717) is 19.7 Å². The zero-order valence-corrected chi connectivity index (χ0v) is 16.4. The lowest BCUT2D eigenvalue weighted by atomic mass is 10.2. The molecule has 2 aromatic carbocycles. The molecule has 28 heavy (non-hydrogen) atoms. The maximum absolute atomic E-state index is 6.03. The second-order valence-corrected chi connectivity index (χ2v) is 6.38. The molecule has 0 aliphatic rings. The normalized spacial score (nSPS) is 11.3. The van der Waals surface area contributed by atoms with Crippen LogP contribution in [0.5, 0.6) is 5.75 Å². The number of hydrogen-bond donors (Lipinski definition) is 2. The average Bonchev–Trinajstić information content (AvgIpc) is 3.14. The van der Waals surface area contributed by atoms with Crippen LogP contribution in [-0.4, -0.2) is 22.3 Å². The van der Waals surface area contributed by atoms with Crippen LogP contribution in [0.3, 0.4) is 0 Å². The summed E-state index contributed by atoms with van der Waals surface area (Å²) in [6.07, 6.45) is 1.79. The summed E-state index contributed by atoms with van der Waals surface area (Å²) >= 11 is 0. The van der Waals surface area contributed by atoms with E-state index in [9.17, 15) is 0 Å². The number of para-hydroxylation sites is 1. The van der Waals surface area contributed by atoms with E-state index in [2.05, 4.69) is 40.9 Å². The van der Waals surface area contributed by atoms with E-state index in [0.717, 1.165) is 35.1 Å². The molecule has 0 aliphatic heterocycles. The molecule has 0 saturated heterocycles. The van der Waals surface area contributed by atoms with Gasteiger partial charge < -0.3 is 15.4 Å². The SMILES string of the molecule is CCNC(=NCc1ccccc1OCc1ccccc1)NCc1ccnn1C. The Balaban J connectivity index is 1.64. The van der Waals surface area contributed by atoms with Crippen molar-refractivity contribution in [3.05, 3.63) is 83.7 Å². The minimum absolute atomic E-state index is 0.533. The van der Waals surface area contributed by atoms with Crippen LogP contribution in [-0.2, 0) is 26.7 Å². The predicted molar refractivity (Wildman–Crippen MR) is 112 cm³/mol. The lowest BCUT2D eigenvalue weighted by Crippen LogP contribution is -2.37. The summed E-state index contributed by atoms with van der Waals surface area (Å²) in [7, 11) is 1.93. The predicted octanol–water partition coefficient (Wildman–Crippen LogP) is 3.25. The third-order valence-electron chi connectivity index (χ3n) is 4.32.